The van der Waals surface area contributed by atoms with Crippen LogP contribution in [0.3, 0.4) is 0 Å². The molecule has 0 heterocycles. The van der Waals surface area contributed by atoms with Gasteiger partial charge in [-0.1, -0.05) is 23.3 Å². The van der Waals surface area contributed by atoms with Crippen LogP contribution in [-0.2, 0) is 15.0 Å². The van der Waals surface area contributed by atoms with Crippen LogP contribution >= 0.6 is 0 Å². The van der Waals surface area contributed by atoms with Crippen molar-refractivity contribution in [2.75, 3.05) is 7.11 Å². The second-order valence-corrected chi connectivity index (χ2v) is 5.84. The Balaban J connectivity index is 2.63. The highest BCUT2D eigenvalue weighted by atomic mass is 16.5. The average molecular weight is 304 g/mol. The number of carbonyl (C=O) groups is 2. The number of carboxylic acid groups (broad SMARTS) is 2. The van der Waals surface area contributed by atoms with Crippen LogP contribution in [0, 0.1) is 5.92 Å². The second-order valence-electron chi connectivity index (χ2n) is 5.84. The number of aliphatic carboxylic acids is 2. The number of ether oxygens (including phenoxy) is 1. The van der Waals surface area contributed by atoms with E-state index in [1.807, 2.05) is 13.8 Å². The number of rotatable bonds is 4. The fourth-order valence-electron chi connectivity index (χ4n) is 3.18. The molecule has 0 spiro atoms. The van der Waals surface area contributed by atoms with Gasteiger partial charge in [0.05, 0.1) is 13.0 Å². The quantitative estimate of drug-likeness (QED) is 0.836. The summed E-state index contributed by atoms with van der Waals surface area (Å²) >= 11 is 0. The Labute approximate surface area is 129 Å². The third-order valence-corrected chi connectivity index (χ3v) is 4.66. The van der Waals surface area contributed by atoms with E-state index in [9.17, 15) is 19.8 Å². The number of methoxy groups -OCH3 is 1. The van der Waals surface area contributed by atoms with Crippen molar-refractivity contribution >= 4 is 11.9 Å². The van der Waals surface area contributed by atoms with Crippen LogP contribution in [0.15, 0.2) is 35.4 Å². The highest BCUT2D eigenvalue weighted by molar-refractivity contribution is 5.90. The first-order chi connectivity index (χ1) is 10.3. The van der Waals surface area contributed by atoms with E-state index in [1.165, 1.54) is 7.11 Å². The Morgan fingerprint density at radius 2 is 1.73 bits per heavy atom. The molecule has 5 heteroatoms. The molecular weight excluding hydrogens is 284 g/mol. The molecule has 2 N–H and O–H groups in total. The van der Waals surface area contributed by atoms with Gasteiger partial charge in [0, 0.05) is 0 Å². The molecule has 0 fully saturated rings. The van der Waals surface area contributed by atoms with Gasteiger partial charge in [-0.05, 0) is 44.4 Å². The molecule has 0 bridgehead atoms. The molecule has 0 unspecified atom stereocenters. The summed E-state index contributed by atoms with van der Waals surface area (Å²) in [5.74, 6) is -2.56. The maximum atomic E-state index is 12.1. The first kappa shape index (κ1) is 16.1. The van der Waals surface area contributed by atoms with Crippen LogP contribution in [0.2, 0.25) is 0 Å². The van der Waals surface area contributed by atoms with Crippen LogP contribution in [-0.4, -0.2) is 29.3 Å². The van der Waals surface area contributed by atoms with Gasteiger partial charge in [0.2, 0.25) is 0 Å². The summed E-state index contributed by atoms with van der Waals surface area (Å²) in [6, 6.07) is 6.63. The standard InChI is InChI=1S/C17H20O5/c1-10-8-14(15(18)19)17(16(20)21,9-11(10)2)12-4-6-13(22-3)7-5-12/h4-7,14H,8-9H2,1-3H3,(H,18,19)(H,20,21)/t14-,17+/m1/s1. The second kappa shape index (κ2) is 5.83. The number of carboxylic acids is 2. The van der Waals surface area contributed by atoms with Gasteiger partial charge < -0.3 is 14.9 Å². The first-order valence-corrected chi connectivity index (χ1v) is 7.09. The third-order valence-electron chi connectivity index (χ3n) is 4.66. The fraction of sp³-hybridized carbons (Fsp3) is 0.412. The molecule has 22 heavy (non-hydrogen) atoms. The monoisotopic (exact) mass is 304 g/mol. The molecule has 1 aromatic carbocycles. The topological polar surface area (TPSA) is 83.8 Å². The fourth-order valence-corrected chi connectivity index (χ4v) is 3.18. The molecule has 2 atom stereocenters. The summed E-state index contributed by atoms with van der Waals surface area (Å²) in [5, 5.41) is 19.5. The normalized spacial score (nSPS) is 25.0. The molecule has 2 rings (SSSR count). The molecule has 118 valence electrons. The molecule has 0 aromatic heterocycles. The molecule has 1 aliphatic carbocycles. The minimum absolute atomic E-state index is 0.206. The summed E-state index contributed by atoms with van der Waals surface area (Å²) in [5.41, 5.74) is 0.954. The van der Waals surface area contributed by atoms with Gasteiger partial charge in [0.1, 0.15) is 11.2 Å². The lowest BCUT2D eigenvalue weighted by atomic mass is 9.61. The lowest BCUT2D eigenvalue weighted by Crippen LogP contribution is -2.48. The van der Waals surface area contributed by atoms with Crippen LogP contribution in [0.5, 0.6) is 5.75 Å². The number of allylic oxidation sites excluding steroid dienone is 2. The maximum absolute atomic E-state index is 12.1. The molecule has 0 amide bonds. The van der Waals surface area contributed by atoms with Gasteiger partial charge in [0.15, 0.2) is 0 Å². The van der Waals surface area contributed by atoms with E-state index in [0.29, 0.717) is 11.3 Å². The Morgan fingerprint density at radius 1 is 1.14 bits per heavy atom. The molecule has 0 saturated heterocycles. The molecule has 0 aliphatic heterocycles. The summed E-state index contributed by atoms with van der Waals surface area (Å²) in [4.78, 5) is 23.8. The Hall–Kier alpha value is -2.30. The Kier molecular flexibility index (Phi) is 4.26. The lowest BCUT2D eigenvalue weighted by Gasteiger charge is -2.40. The highest BCUT2D eigenvalue weighted by Crippen LogP contribution is 2.46. The number of benzene rings is 1. The van der Waals surface area contributed by atoms with Gasteiger partial charge in [-0.3, -0.25) is 9.59 Å². The molecule has 5 nitrogen and oxygen atoms in total. The minimum atomic E-state index is -1.44. The van der Waals surface area contributed by atoms with Gasteiger partial charge in [-0.2, -0.15) is 0 Å². The van der Waals surface area contributed by atoms with Crippen LogP contribution in [0.1, 0.15) is 32.3 Å². The molecule has 1 aromatic rings. The van der Waals surface area contributed by atoms with E-state index in [4.69, 9.17) is 4.74 Å². The van der Waals surface area contributed by atoms with Crippen molar-refractivity contribution in [1.29, 1.82) is 0 Å². The Morgan fingerprint density at radius 3 is 2.18 bits per heavy atom. The van der Waals surface area contributed by atoms with Crippen molar-refractivity contribution in [2.45, 2.75) is 32.1 Å². The zero-order valence-electron chi connectivity index (χ0n) is 12.9. The summed E-state index contributed by atoms with van der Waals surface area (Å²) in [6.07, 6.45) is 0.455. The van der Waals surface area contributed by atoms with Crippen molar-refractivity contribution < 1.29 is 24.5 Å². The van der Waals surface area contributed by atoms with Crippen molar-refractivity contribution in [3.63, 3.8) is 0 Å². The van der Waals surface area contributed by atoms with Gasteiger partial charge in [0.25, 0.3) is 0 Å². The molecule has 1 aliphatic rings. The lowest BCUT2D eigenvalue weighted by molar-refractivity contribution is -0.156. The van der Waals surface area contributed by atoms with E-state index in [-0.39, 0.29) is 12.8 Å². The van der Waals surface area contributed by atoms with Crippen molar-refractivity contribution in [3.05, 3.63) is 41.0 Å². The number of hydrogen-bond acceptors (Lipinski definition) is 3. The van der Waals surface area contributed by atoms with Crippen LogP contribution < -0.4 is 4.74 Å². The van der Waals surface area contributed by atoms with Crippen molar-refractivity contribution in [1.82, 2.24) is 0 Å². The average Bonchev–Trinajstić information content (AvgIpc) is 2.49. The smallest absolute Gasteiger partial charge is 0.315 e. The van der Waals surface area contributed by atoms with E-state index < -0.39 is 23.3 Å². The van der Waals surface area contributed by atoms with Crippen LogP contribution in [0.25, 0.3) is 0 Å². The summed E-state index contributed by atoms with van der Waals surface area (Å²) < 4.78 is 5.09. The zero-order valence-corrected chi connectivity index (χ0v) is 12.9. The van der Waals surface area contributed by atoms with Gasteiger partial charge in [-0.15, -0.1) is 0 Å². The van der Waals surface area contributed by atoms with Gasteiger partial charge >= 0.3 is 11.9 Å². The van der Waals surface area contributed by atoms with E-state index in [2.05, 4.69) is 0 Å². The van der Waals surface area contributed by atoms with E-state index in [0.717, 1.165) is 11.1 Å². The minimum Gasteiger partial charge on any atom is -0.497 e. The zero-order chi connectivity index (χ0) is 16.5. The molecule has 0 radical (unpaired) electrons. The predicted molar refractivity (Wildman–Crippen MR) is 81.0 cm³/mol. The van der Waals surface area contributed by atoms with Crippen LogP contribution in [0.4, 0.5) is 0 Å². The highest BCUT2D eigenvalue weighted by Gasteiger charge is 2.53. The van der Waals surface area contributed by atoms with E-state index >= 15 is 0 Å². The summed E-state index contributed by atoms with van der Waals surface area (Å²) in [7, 11) is 1.53. The maximum Gasteiger partial charge on any atom is 0.315 e. The molecular formula is C17H20O5. The Bertz CT molecular complexity index is 629. The SMILES string of the molecule is COc1ccc([C@@]2(C(=O)O)CC(C)=C(C)C[C@@H]2C(=O)O)cc1. The molecule has 0 saturated carbocycles. The number of hydrogen-bond donors (Lipinski definition) is 2. The third kappa shape index (κ3) is 2.47. The summed E-state index contributed by atoms with van der Waals surface area (Å²) in [6.45, 7) is 3.74. The van der Waals surface area contributed by atoms with Gasteiger partial charge in [-0.25, -0.2) is 0 Å². The van der Waals surface area contributed by atoms with Crippen molar-refractivity contribution in [3.8, 4) is 5.75 Å². The first-order valence-electron chi connectivity index (χ1n) is 7.09. The van der Waals surface area contributed by atoms with E-state index in [1.54, 1.807) is 24.3 Å². The van der Waals surface area contributed by atoms with Crippen molar-refractivity contribution in [2.24, 2.45) is 5.92 Å². The largest absolute Gasteiger partial charge is 0.497 e. The predicted octanol–water partition coefficient (Wildman–Crippen LogP) is 2.85.